The van der Waals surface area contributed by atoms with Crippen LogP contribution in [0, 0.1) is 0 Å². The van der Waals surface area contributed by atoms with Crippen molar-refractivity contribution in [2.45, 2.75) is 13.0 Å². The lowest BCUT2D eigenvalue weighted by Gasteiger charge is -2.13. The molecule has 1 aromatic carbocycles. The van der Waals surface area contributed by atoms with Gasteiger partial charge in [0.1, 0.15) is 5.88 Å². The third kappa shape index (κ3) is 2.17. The first kappa shape index (κ1) is 11.0. The van der Waals surface area contributed by atoms with Gasteiger partial charge in [-0.05, 0) is 24.6 Å². The van der Waals surface area contributed by atoms with Crippen LogP contribution in [0.5, 0.6) is 0 Å². The standard InChI is InChI=1S/C11H12ClN3O/c1-7(14-11(16)5-12)8-2-3-10-9(4-8)6-13-15-10/h2-4,6-7H,5H2,1H3,(H,13,15)(H,14,16). The van der Waals surface area contributed by atoms with E-state index in [0.717, 1.165) is 16.5 Å². The molecule has 16 heavy (non-hydrogen) atoms. The topological polar surface area (TPSA) is 57.8 Å². The lowest BCUT2D eigenvalue weighted by atomic mass is 10.1. The highest BCUT2D eigenvalue weighted by Crippen LogP contribution is 2.18. The monoisotopic (exact) mass is 237 g/mol. The predicted octanol–water partition coefficient (Wildman–Crippen LogP) is 1.98. The summed E-state index contributed by atoms with van der Waals surface area (Å²) in [6, 6.07) is 5.85. The molecule has 2 N–H and O–H groups in total. The zero-order chi connectivity index (χ0) is 11.5. The van der Waals surface area contributed by atoms with Crippen LogP contribution < -0.4 is 5.32 Å². The molecular formula is C11H12ClN3O. The minimum Gasteiger partial charge on any atom is -0.349 e. The number of H-pyrrole nitrogens is 1. The highest BCUT2D eigenvalue weighted by Gasteiger charge is 2.09. The van der Waals surface area contributed by atoms with Crippen molar-refractivity contribution < 1.29 is 4.79 Å². The largest absolute Gasteiger partial charge is 0.349 e. The number of rotatable bonds is 3. The summed E-state index contributed by atoms with van der Waals surface area (Å²) in [6.07, 6.45) is 1.76. The number of fused-ring (bicyclic) bond motifs is 1. The number of alkyl halides is 1. The fourth-order valence-corrected chi connectivity index (χ4v) is 1.67. The molecule has 0 bridgehead atoms. The first-order valence-electron chi connectivity index (χ1n) is 4.99. The van der Waals surface area contributed by atoms with Gasteiger partial charge in [-0.1, -0.05) is 6.07 Å². The number of halogens is 1. The van der Waals surface area contributed by atoms with Crippen LogP contribution in [0.15, 0.2) is 24.4 Å². The smallest absolute Gasteiger partial charge is 0.235 e. The minimum absolute atomic E-state index is 0.0156. The van der Waals surface area contributed by atoms with Crippen LogP contribution in [0.4, 0.5) is 0 Å². The van der Waals surface area contributed by atoms with Gasteiger partial charge in [-0.15, -0.1) is 11.6 Å². The molecule has 84 valence electrons. The summed E-state index contributed by atoms with van der Waals surface area (Å²) in [5.74, 6) is -0.181. The van der Waals surface area contributed by atoms with Crippen LogP contribution >= 0.6 is 11.6 Å². The Balaban J connectivity index is 2.22. The van der Waals surface area contributed by atoms with Gasteiger partial charge in [-0.25, -0.2) is 0 Å². The van der Waals surface area contributed by atoms with Crippen molar-refractivity contribution in [2.24, 2.45) is 0 Å². The number of nitrogens with one attached hydrogen (secondary N) is 2. The van der Waals surface area contributed by atoms with Crippen molar-refractivity contribution in [1.82, 2.24) is 15.5 Å². The van der Waals surface area contributed by atoms with Gasteiger partial charge in [-0.3, -0.25) is 9.89 Å². The van der Waals surface area contributed by atoms with Gasteiger partial charge in [0.25, 0.3) is 0 Å². The van der Waals surface area contributed by atoms with Gasteiger partial charge >= 0.3 is 0 Å². The van der Waals surface area contributed by atoms with E-state index in [4.69, 9.17) is 11.6 Å². The average Bonchev–Trinajstić information content (AvgIpc) is 2.75. The van der Waals surface area contributed by atoms with E-state index in [9.17, 15) is 4.79 Å². The number of benzene rings is 1. The summed E-state index contributed by atoms with van der Waals surface area (Å²) < 4.78 is 0. The van der Waals surface area contributed by atoms with E-state index < -0.39 is 0 Å². The molecule has 0 aliphatic carbocycles. The summed E-state index contributed by atoms with van der Waals surface area (Å²) in [5, 5.41) is 10.7. The van der Waals surface area contributed by atoms with Gasteiger partial charge in [-0.2, -0.15) is 5.10 Å². The van der Waals surface area contributed by atoms with E-state index in [2.05, 4.69) is 15.5 Å². The predicted molar refractivity (Wildman–Crippen MR) is 63.4 cm³/mol. The zero-order valence-corrected chi connectivity index (χ0v) is 9.58. The number of aromatic nitrogens is 2. The normalized spacial score (nSPS) is 12.6. The highest BCUT2D eigenvalue weighted by molar-refractivity contribution is 6.27. The van der Waals surface area contributed by atoms with Crippen molar-refractivity contribution in [3.8, 4) is 0 Å². The molecule has 5 heteroatoms. The molecule has 1 atom stereocenters. The van der Waals surface area contributed by atoms with Crippen molar-refractivity contribution in [3.63, 3.8) is 0 Å². The maximum atomic E-state index is 11.1. The molecule has 1 unspecified atom stereocenters. The summed E-state index contributed by atoms with van der Waals surface area (Å²) in [4.78, 5) is 11.1. The van der Waals surface area contributed by atoms with Gasteiger partial charge in [0.15, 0.2) is 0 Å². The van der Waals surface area contributed by atoms with Crippen LogP contribution in [-0.4, -0.2) is 22.0 Å². The van der Waals surface area contributed by atoms with E-state index in [-0.39, 0.29) is 17.8 Å². The Kier molecular flexibility index (Phi) is 3.10. The second-order valence-electron chi connectivity index (χ2n) is 3.64. The number of carbonyl (C=O) groups excluding carboxylic acids is 1. The first-order valence-corrected chi connectivity index (χ1v) is 5.52. The molecule has 2 aromatic rings. The molecule has 0 spiro atoms. The molecule has 0 aliphatic rings. The number of nitrogens with zero attached hydrogens (tertiary/aromatic N) is 1. The third-order valence-corrected chi connectivity index (χ3v) is 2.71. The summed E-state index contributed by atoms with van der Waals surface area (Å²) in [5.41, 5.74) is 2.02. The van der Waals surface area contributed by atoms with Crippen molar-refractivity contribution >= 4 is 28.4 Å². The molecule has 1 heterocycles. The van der Waals surface area contributed by atoms with Gasteiger partial charge < -0.3 is 5.32 Å². The first-order chi connectivity index (χ1) is 7.70. The molecule has 0 radical (unpaired) electrons. The molecule has 1 aromatic heterocycles. The average molecular weight is 238 g/mol. The molecule has 1 amide bonds. The van der Waals surface area contributed by atoms with Crippen LogP contribution in [0.25, 0.3) is 10.9 Å². The number of amides is 1. The van der Waals surface area contributed by atoms with Crippen LogP contribution in [0.1, 0.15) is 18.5 Å². The molecule has 0 saturated carbocycles. The van der Waals surface area contributed by atoms with Crippen LogP contribution in [-0.2, 0) is 4.79 Å². The maximum absolute atomic E-state index is 11.1. The van der Waals surface area contributed by atoms with Crippen molar-refractivity contribution in [3.05, 3.63) is 30.0 Å². The Morgan fingerprint density at radius 1 is 1.62 bits per heavy atom. The fourth-order valence-electron chi connectivity index (χ4n) is 1.59. The molecule has 0 aliphatic heterocycles. The molecule has 4 nitrogen and oxygen atoms in total. The van der Waals surface area contributed by atoms with Crippen LogP contribution in [0.3, 0.4) is 0 Å². The van der Waals surface area contributed by atoms with Crippen molar-refractivity contribution in [1.29, 1.82) is 0 Å². The quantitative estimate of drug-likeness (QED) is 0.802. The van der Waals surface area contributed by atoms with E-state index in [0.29, 0.717) is 0 Å². The summed E-state index contributed by atoms with van der Waals surface area (Å²) in [6.45, 7) is 1.92. The van der Waals surface area contributed by atoms with Crippen LogP contribution in [0.2, 0.25) is 0 Å². The van der Waals surface area contributed by atoms with Gasteiger partial charge in [0, 0.05) is 5.39 Å². The molecule has 0 saturated heterocycles. The van der Waals surface area contributed by atoms with E-state index >= 15 is 0 Å². The SMILES string of the molecule is CC(NC(=O)CCl)c1ccc2[nH]ncc2c1. The second kappa shape index (κ2) is 4.53. The number of hydrogen-bond donors (Lipinski definition) is 2. The highest BCUT2D eigenvalue weighted by atomic mass is 35.5. The Morgan fingerprint density at radius 2 is 2.44 bits per heavy atom. The lowest BCUT2D eigenvalue weighted by molar-refractivity contribution is -0.119. The number of hydrogen-bond acceptors (Lipinski definition) is 2. The fraction of sp³-hybridized carbons (Fsp3) is 0.273. The number of aromatic amines is 1. The van der Waals surface area contributed by atoms with E-state index in [1.165, 1.54) is 0 Å². The van der Waals surface area contributed by atoms with E-state index in [1.54, 1.807) is 6.20 Å². The molecule has 2 rings (SSSR count). The summed E-state index contributed by atoms with van der Waals surface area (Å²) in [7, 11) is 0. The van der Waals surface area contributed by atoms with Gasteiger partial charge in [0.2, 0.25) is 5.91 Å². The Bertz CT molecular complexity index is 509. The summed E-state index contributed by atoms with van der Waals surface area (Å²) >= 11 is 5.43. The third-order valence-electron chi connectivity index (χ3n) is 2.46. The Morgan fingerprint density at radius 3 is 3.19 bits per heavy atom. The zero-order valence-electron chi connectivity index (χ0n) is 8.83. The minimum atomic E-state index is -0.165. The van der Waals surface area contributed by atoms with Crippen molar-refractivity contribution in [2.75, 3.05) is 5.88 Å². The maximum Gasteiger partial charge on any atom is 0.235 e. The Hall–Kier alpha value is -1.55. The molecular weight excluding hydrogens is 226 g/mol. The Labute approximate surface area is 98.0 Å². The number of carbonyl (C=O) groups is 1. The second-order valence-corrected chi connectivity index (χ2v) is 3.91. The van der Waals surface area contributed by atoms with Gasteiger partial charge in [0.05, 0.1) is 17.8 Å². The van der Waals surface area contributed by atoms with E-state index in [1.807, 2.05) is 25.1 Å². The lowest BCUT2D eigenvalue weighted by Crippen LogP contribution is -2.27. The molecule has 0 fully saturated rings.